The smallest absolute Gasteiger partial charge is 0.319 e. The summed E-state index contributed by atoms with van der Waals surface area (Å²) in [5.74, 6) is -0.132. The van der Waals surface area contributed by atoms with E-state index in [-0.39, 0.29) is 11.9 Å². The normalized spacial score (nSPS) is 14.0. The molecule has 0 unspecified atom stereocenters. The first-order valence-corrected chi connectivity index (χ1v) is 9.04. The molecule has 0 spiro atoms. The lowest BCUT2D eigenvalue weighted by atomic mass is 10.3. The summed E-state index contributed by atoms with van der Waals surface area (Å²) in [6, 6.07) is 1.96. The van der Waals surface area contributed by atoms with Crippen LogP contribution in [0.15, 0.2) is 11.6 Å². The fourth-order valence-electron chi connectivity index (χ4n) is 2.83. The van der Waals surface area contributed by atoms with Crippen molar-refractivity contribution in [1.82, 2.24) is 29.9 Å². The van der Waals surface area contributed by atoms with Crippen molar-refractivity contribution < 1.29 is 9.59 Å². The van der Waals surface area contributed by atoms with Crippen molar-refractivity contribution in [3.8, 4) is 0 Å². The number of fused-ring (bicyclic) bond motifs is 1. The molecular weight excluding hydrogens is 340 g/mol. The first-order chi connectivity index (χ1) is 12.0. The standard InChI is InChI=1S/C16H22N6O2S/c1-11-14(25-10-18-11)15(23)17-8-12-7-13-9-21(16(24)20(2)3)5-4-6-22(13)19-12/h7,10H,4-6,8-9H2,1-3H3,(H,17,23). The first-order valence-electron chi connectivity index (χ1n) is 8.16. The van der Waals surface area contributed by atoms with Crippen molar-refractivity contribution in [3.63, 3.8) is 0 Å². The second-order valence-electron chi connectivity index (χ2n) is 6.25. The Kier molecular flexibility index (Phi) is 5.03. The summed E-state index contributed by atoms with van der Waals surface area (Å²) in [6.07, 6.45) is 0.861. The molecule has 9 heteroatoms. The van der Waals surface area contributed by atoms with Gasteiger partial charge in [-0.25, -0.2) is 9.78 Å². The summed E-state index contributed by atoms with van der Waals surface area (Å²) in [7, 11) is 3.51. The maximum absolute atomic E-state index is 12.2. The fraction of sp³-hybridized carbons (Fsp3) is 0.500. The molecule has 0 bridgehead atoms. The molecule has 0 saturated heterocycles. The summed E-state index contributed by atoms with van der Waals surface area (Å²) in [5, 5.41) is 7.45. The maximum Gasteiger partial charge on any atom is 0.319 e. The van der Waals surface area contributed by atoms with Crippen LogP contribution in [-0.4, -0.2) is 57.1 Å². The lowest BCUT2D eigenvalue weighted by Gasteiger charge is -2.23. The van der Waals surface area contributed by atoms with E-state index in [1.165, 1.54) is 11.3 Å². The van der Waals surface area contributed by atoms with E-state index in [9.17, 15) is 9.59 Å². The second kappa shape index (κ2) is 7.22. The van der Waals surface area contributed by atoms with E-state index in [1.54, 1.807) is 24.5 Å². The molecule has 0 fully saturated rings. The van der Waals surface area contributed by atoms with Gasteiger partial charge in [0.25, 0.3) is 5.91 Å². The molecule has 0 atom stereocenters. The van der Waals surface area contributed by atoms with Crippen LogP contribution < -0.4 is 5.32 Å². The number of carbonyl (C=O) groups is 2. The number of carbonyl (C=O) groups excluding carboxylic acids is 2. The molecule has 2 aromatic rings. The van der Waals surface area contributed by atoms with Gasteiger partial charge < -0.3 is 15.1 Å². The van der Waals surface area contributed by atoms with Gasteiger partial charge >= 0.3 is 6.03 Å². The number of thiazole rings is 1. The van der Waals surface area contributed by atoms with Gasteiger partial charge in [-0.2, -0.15) is 5.10 Å². The highest BCUT2D eigenvalue weighted by Crippen LogP contribution is 2.16. The third-order valence-electron chi connectivity index (χ3n) is 4.10. The van der Waals surface area contributed by atoms with Crippen molar-refractivity contribution in [3.05, 3.63) is 33.5 Å². The lowest BCUT2D eigenvalue weighted by Crippen LogP contribution is -2.38. The van der Waals surface area contributed by atoms with E-state index in [1.807, 2.05) is 22.6 Å². The van der Waals surface area contributed by atoms with Gasteiger partial charge in [-0.15, -0.1) is 11.3 Å². The summed E-state index contributed by atoms with van der Waals surface area (Å²) in [5.41, 5.74) is 4.19. The minimum atomic E-state index is -0.132. The minimum Gasteiger partial charge on any atom is -0.346 e. The number of nitrogens with zero attached hydrogens (tertiary/aromatic N) is 5. The van der Waals surface area contributed by atoms with Crippen LogP contribution in [0.4, 0.5) is 4.79 Å². The van der Waals surface area contributed by atoms with E-state index in [0.29, 0.717) is 18.0 Å². The van der Waals surface area contributed by atoms with Crippen molar-refractivity contribution in [2.45, 2.75) is 33.0 Å². The molecule has 0 aliphatic carbocycles. The lowest BCUT2D eigenvalue weighted by molar-refractivity contribution is 0.0953. The monoisotopic (exact) mass is 362 g/mol. The third-order valence-corrected chi connectivity index (χ3v) is 5.03. The second-order valence-corrected chi connectivity index (χ2v) is 7.11. The van der Waals surface area contributed by atoms with Crippen LogP contribution in [0.5, 0.6) is 0 Å². The fourth-order valence-corrected chi connectivity index (χ4v) is 3.54. The molecule has 1 N–H and O–H groups in total. The average molecular weight is 362 g/mol. The van der Waals surface area contributed by atoms with Crippen molar-refractivity contribution in [2.24, 2.45) is 0 Å². The molecule has 1 aliphatic heterocycles. The summed E-state index contributed by atoms with van der Waals surface area (Å²) >= 11 is 1.33. The number of nitrogens with one attached hydrogen (secondary N) is 1. The number of urea groups is 1. The van der Waals surface area contributed by atoms with Gasteiger partial charge in [-0.3, -0.25) is 9.48 Å². The van der Waals surface area contributed by atoms with Crippen molar-refractivity contribution in [2.75, 3.05) is 20.6 Å². The van der Waals surface area contributed by atoms with E-state index in [4.69, 9.17) is 0 Å². The maximum atomic E-state index is 12.2. The Morgan fingerprint density at radius 3 is 2.84 bits per heavy atom. The number of aryl methyl sites for hydroxylation is 2. The van der Waals surface area contributed by atoms with Crippen molar-refractivity contribution in [1.29, 1.82) is 0 Å². The highest BCUT2D eigenvalue weighted by molar-refractivity contribution is 7.11. The Labute approximate surface area is 150 Å². The third kappa shape index (κ3) is 3.81. The van der Waals surface area contributed by atoms with E-state index < -0.39 is 0 Å². The zero-order valence-corrected chi connectivity index (χ0v) is 15.5. The molecule has 3 amide bonds. The zero-order valence-electron chi connectivity index (χ0n) is 14.7. The highest BCUT2D eigenvalue weighted by Gasteiger charge is 2.22. The predicted molar refractivity (Wildman–Crippen MR) is 94.4 cm³/mol. The molecule has 8 nitrogen and oxygen atoms in total. The summed E-state index contributed by atoms with van der Waals surface area (Å²) < 4.78 is 1.93. The number of aromatic nitrogens is 3. The Hall–Kier alpha value is -2.42. The molecule has 3 rings (SSSR count). The quantitative estimate of drug-likeness (QED) is 0.896. The van der Waals surface area contributed by atoms with Crippen LogP contribution in [0.1, 0.15) is 33.2 Å². The Bertz CT molecular complexity index is 781. The van der Waals surface area contributed by atoms with Crippen molar-refractivity contribution >= 4 is 23.3 Å². The van der Waals surface area contributed by atoms with Gasteiger partial charge in [0.2, 0.25) is 0 Å². The average Bonchev–Trinajstić information content (AvgIpc) is 3.12. The number of hydrogen-bond acceptors (Lipinski definition) is 5. The highest BCUT2D eigenvalue weighted by atomic mass is 32.1. The number of amides is 3. The van der Waals surface area contributed by atoms with E-state index >= 15 is 0 Å². The largest absolute Gasteiger partial charge is 0.346 e. The summed E-state index contributed by atoms with van der Waals surface area (Å²) in [4.78, 5) is 32.5. The van der Waals surface area contributed by atoms with Crippen LogP contribution in [0, 0.1) is 6.92 Å². The van der Waals surface area contributed by atoms with Crippen LogP contribution in [0.3, 0.4) is 0 Å². The molecule has 134 valence electrons. The van der Waals surface area contributed by atoms with Gasteiger partial charge in [0, 0.05) is 27.2 Å². The van der Waals surface area contributed by atoms with E-state index in [0.717, 1.165) is 36.6 Å². The molecule has 3 heterocycles. The molecule has 0 aromatic carbocycles. The summed E-state index contributed by atoms with van der Waals surface area (Å²) in [6.45, 7) is 4.20. The number of rotatable bonds is 3. The molecule has 25 heavy (non-hydrogen) atoms. The Morgan fingerprint density at radius 2 is 2.16 bits per heavy atom. The molecule has 2 aromatic heterocycles. The predicted octanol–water partition coefficient (Wildman–Crippen LogP) is 1.47. The Morgan fingerprint density at radius 1 is 1.36 bits per heavy atom. The van der Waals surface area contributed by atoms with Crippen LogP contribution in [-0.2, 0) is 19.6 Å². The molecule has 0 radical (unpaired) electrons. The molecule has 1 aliphatic rings. The van der Waals surface area contributed by atoms with E-state index in [2.05, 4.69) is 15.4 Å². The van der Waals surface area contributed by atoms with Crippen LogP contribution in [0.2, 0.25) is 0 Å². The van der Waals surface area contributed by atoms with Crippen LogP contribution in [0.25, 0.3) is 0 Å². The molecular formula is C16H22N6O2S. The zero-order chi connectivity index (χ0) is 18.0. The molecule has 0 saturated carbocycles. The van der Waals surface area contributed by atoms with Gasteiger partial charge in [0.05, 0.1) is 35.7 Å². The van der Waals surface area contributed by atoms with Gasteiger partial charge in [0.15, 0.2) is 0 Å². The van der Waals surface area contributed by atoms with Gasteiger partial charge in [-0.05, 0) is 19.4 Å². The van der Waals surface area contributed by atoms with Gasteiger partial charge in [0.1, 0.15) is 4.88 Å². The van der Waals surface area contributed by atoms with Crippen LogP contribution >= 0.6 is 11.3 Å². The van der Waals surface area contributed by atoms with Gasteiger partial charge in [-0.1, -0.05) is 0 Å². The Balaban J connectivity index is 1.66. The SMILES string of the molecule is Cc1ncsc1C(=O)NCc1cc2n(n1)CCCN(C(=O)N(C)C)C2. The first kappa shape index (κ1) is 17.4. The minimum absolute atomic E-state index is 0.00479. The topological polar surface area (TPSA) is 83.4 Å². The number of hydrogen-bond donors (Lipinski definition) is 1.